The van der Waals surface area contributed by atoms with Crippen molar-refractivity contribution in [3.05, 3.63) is 71.8 Å². The number of rotatable bonds is 18. The first kappa shape index (κ1) is 39.5. The van der Waals surface area contributed by atoms with Crippen molar-refractivity contribution >= 4 is 12.2 Å². The summed E-state index contributed by atoms with van der Waals surface area (Å²) in [5.41, 5.74) is 6.80. The Hall–Kier alpha value is -3.69. The zero-order chi connectivity index (χ0) is 34.9. The Labute approximate surface area is 280 Å². The molecule has 5 atom stereocenters. The smallest absolute Gasteiger partial charge is 0.407 e. The van der Waals surface area contributed by atoms with Gasteiger partial charge in [-0.25, -0.2) is 9.59 Å². The second-order valence-corrected chi connectivity index (χ2v) is 13.8. The maximum Gasteiger partial charge on any atom is 0.407 e. The molecule has 2 aromatic rings. The standard InChI is InChI=1S/C36H55N5O6/c1-35(2,3)46-33(43)40-29(20-26-14-9-7-10-15-26)31(42)24-39-23-28(18-13-19-37)25-45-32(22-38)30(21-27-16-11-8-12-17-27)41-34(44)47-36(4,5)6/h7-12,14-17,28-32,39,42H,13,18,20-25,38H2,1-6H3,(H,40,43)(H,41,44)/t28?,29-,30-,31+,32+/m0/s1. The van der Waals surface area contributed by atoms with E-state index in [1.54, 1.807) is 41.5 Å². The first-order valence-electron chi connectivity index (χ1n) is 16.3. The van der Waals surface area contributed by atoms with E-state index in [0.717, 1.165) is 11.1 Å². The quantitative estimate of drug-likeness (QED) is 0.156. The van der Waals surface area contributed by atoms with Gasteiger partial charge in [0.1, 0.15) is 11.2 Å². The van der Waals surface area contributed by atoms with Gasteiger partial charge in [0.2, 0.25) is 0 Å². The Morgan fingerprint density at radius 3 is 1.79 bits per heavy atom. The molecule has 0 fully saturated rings. The summed E-state index contributed by atoms with van der Waals surface area (Å²) in [7, 11) is 0. The van der Waals surface area contributed by atoms with Crippen LogP contribution in [0, 0.1) is 17.2 Å². The predicted octanol–water partition coefficient (Wildman–Crippen LogP) is 4.47. The van der Waals surface area contributed by atoms with Gasteiger partial charge in [0, 0.05) is 26.1 Å². The molecule has 2 rings (SSSR count). The van der Waals surface area contributed by atoms with E-state index < -0.39 is 47.7 Å². The van der Waals surface area contributed by atoms with Crippen LogP contribution in [-0.2, 0) is 27.1 Å². The largest absolute Gasteiger partial charge is 0.444 e. The molecule has 11 nitrogen and oxygen atoms in total. The summed E-state index contributed by atoms with van der Waals surface area (Å²) in [6.45, 7) is 11.8. The molecule has 0 heterocycles. The number of carbonyl (C=O) groups excluding carboxylic acids is 2. The molecule has 0 aliphatic carbocycles. The van der Waals surface area contributed by atoms with Gasteiger partial charge in [-0.3, -0.25) is 0 Å². The number of hydrogen-bond acceptors (Lipinski definition) is 9. The average Bonchev–Trinajstić information content (AvgIpc) is 2.98. The van der Waals surface area contributed by atoms with Gasteiger partial charge < -0.3 is 41.0 Å². The number of carbonyl (C=O) groups is 2. The lowest BCUT2D eigenvalue weighted by Gasteiger charge is -2.30. The molecule has 260 valence electrons. The van der Waals surface area contributed by atoms with Crippen molar-refractivity contribution in [2.45, 2.75) is 103 Å². The van der Waals surface area contributed by atoms with Crippen LogP contribution in [0.25, 0.3) is 0 Å². The van der Waals surface area contributed by atoms with Crippen LogP contribution in [0.3, 0.4) is 0 Å². The molecule has 0 aromatic heterocycles. The Kier molecular flexibility index (Phi) is 16.7. The van der Waals surface area contributed by atoms with Gasteiger partial charge in [0.15, 0.2) is 0 Å². The van der Waals surface area contributed by atoms with Crippen LogP contribution < -0.4 is 21.7 Å². The number of nitrogens with one attached hydrogen (secondary N) is 3. The number of aliphatic hydroxyl groups excluding tert-OH is 1. The van der Waals surface area contributed by atoms with Crippen LogP contribution in [0.1, 0.15) is 65.5 Å². The fourth-order valence-electron chi connectivity index (χ4n) is 4.91. The van der Waals surface area contributed by atoms with Crippen molar-refractivity contribution in [1.82, 2.24) is 16.0 Å². The molecule has 0 saturated carbocycles. The van der Waals surface area contributed by atoms with E-state index >= 15 is 0 Å². The Morgan fingerprint density at radius 1 is 0.830 bits per heavy atom. The van der Waals surface area contributed by atoms with Crippen molar-refractivity contribution < 1.29 is 28.9 Å². The van der Waals surface area contributed by atoms with Crippen LogP contribution in [0.5, 0.6) is 0 Å². The molecule has 0 radical (unpaired) electrons. The Morgan fingerprint density at radius 2 is 1.32 bits per heavy atom. The molecule has 6 N–H and O–H groups in total. The highest BCUT2D eigenvalue weighted by Gasteiger charge is 2.28. The Balaban J connectivity index is 2.07. The van der Waals surface area contributed by atoms with Crippen molar-refractivity contribution in [3.63, 3.8) is 0 Å². The third kappa shape index (κ3) is 17.2. The first-order valence-corrected chi connectivity index (χ1v) is 16.3. The zero-order valence-corrected chi connectivity index (χ0v) is 28.8. The molecule has 2 aromatic carbocycles. The fourth-order valence-corrected chi connectivity index (χ4v) is 4.91. The first-order chi connectivity index (χ1) is 22.2. The molecule has 47 heavy (non-hydrogen) atoms. The van der Waals surface area contributed by atoms with E-state index in [2.05, 4.69) is 22.0 Å². The summed E-state index contributed by atoms with van der Waals surface area (Å²) in [5.74, 6) is -0.0822. The third-order valence-electron chi connectivity index (χ3n) is 7.14. The second kappa shape index (κ2) is 19.9. The minimum absolute atomic E-state index is 0.0822. The minimum Gasteiger partial charge on any atom is -0.444 e. The van der Waals surface area contributed by atoms with Crippen LogP contribution in [0.15, 0.2) is 60.7 Å². The third-order valence-corrected chi connectivity index (χ3v) is 7.14. The van der Waals surface area contributed by atoms with Crippen LogP contribution >= 0.6 is 0 Å². The van der Waals surface area contributed by atoms with Crippen molar-refractivity contribution in [2.75, 3.05) is 26.2 Å². The monoisotopic (exact) mass is 653 g/mol. The number of ether oxygens (including phenoxy) is 3. The summed E-state index contributed by atoms with van der Waals surface area (Å²) in [4.78, 5) is 25.3. The lowest BCUT2D eigenvalue weighted by molar-refractivity contribution is 0.00216. The number of nitrogens with zero attached hydrogens (tertiary/aromatic N) is 1. The topological polar surface area (TPSA) is 168 Å². The number of nitrogens with two attached hydrogens (primary N) is 1. The van der Waals surface area contributed by atoms with E-state index in [0.29, 0.717) is 32.2 Å². The summed E-state index contributed by atoms with van der Waals surface area (Å²) in [6.07, 6.45) is -0.817. The lowest BCUT2D eigenvalue weighted by atomic mass is 10.00. The second-order valence-electron chi connectivity index (χ2n) is 13.8. The van der Waals surface area contributed by atoms with Gasteiger partial charge in [0.05, 0.1) is 37.0 Å². The number of alkyl carbamates (subject to hydrolysis) is 2. The molecule has 0 aliphatic rings. The summed E-state index contributed by atoms with van der Waals surface area (Å²) in [5, 5.41) is 29.5. The van der Waals surface area contributed by atoms with Crippen molar-refractivity contribution in [3.8, 4) is 6.07 Å². The van der Waals surface area contributed by atoms with E-state index in [1.807, 2.05) is 60.7 Å². The highest BCUT2D eigenvalue weighted by Crippen LogP contribution is 2.15. The van der Waals surface area contributed by atoms with Gasteiger partial charge in [-0.15, -0.1) is 0 Å². The van der Waals surface area contributed by atoms with Crippen LogP contribution in [0.4, 0.5) is 9.59 Å². The van der Waals surface area contributed by atoms with E-state index in [1.165, 1.54) is 0 Å². The maximum atomic E-state index is 12.7. The SMILES string of the molecule is CC(C)(C)OC(=O)N[C@@H](Cc1ccccc1)[C@H](O)CNCC(CCC#N)CO[C@H](CN)[C@H](Cc1ccccc1)NC(=O)OC(C)(C)C. The average molecular weight is 654 g/mol. The van der Waals surface area contributed by atoms with Gasteiger partial charge in [0.25, 0.3) is 0 Å². The van der Waals surface area contributed by atoms with Crippen LogP contribution in [0.2, 0.25) is 0 Å². The molecule has 2 amide bonds. The summed E-state index contributed by atoms with van der Waals surface area (Å²) < 4.78 is 17.3. The molecule has 0 spiro atoms. The predicted molar refractivity (Wildman–Crippen MR) is 183 cm³/mol. The number of hydrogen-bond donors (Lipinski definition) is 5. The summed E-state index contributed by atoms with van der Waals surface area (Å²) in [6, 6.07) is 20.5. The highest BCUT2D eigenvalue weighted by atomic mass is 16.6. The van der Waals surface area contributed by atoms with E-state index in [9.17, 15) is 20.0 Å². The number of amides is 2. The van der Waals surface area contributed by atoms with Gasteiger partial charge in [-0.2, -0.15) is 5.26 Å². The number of benzene rings is 2. The number of aliphatic hydroxyl groups is 1. The minimum atomic E-state index is -0.926. The van der Waals surface area contributed by atoms with E-state index in [4.69, 9.17) is 19.9 Å². The lowest BCUT2D eigenvalue weighted by Crippen LogP contribution is -2.51. The van der Waals surface area contributed by atoms with Crippen molar-refractivity contribution in [1.29, 1.82) is 5.26 Å². The molecule has 1 unspecified atom stereocenters. The molecular weight excluding hydrogens is 598 g/mol. The fraction of sp³-hybridized carbons (Fsp3) is 0.583. The summed E-state index contributed by atoms with van der Waals surface area (Å²) >= 11 is 0. The van der Waals surface area contributed by atoms with Gasteiger partial charge in [-0.05, 0) is 77.8 Å². The highest BCUT2D eigenvalue weighted by molar-refractivity contribution is 5.68. The van der Waals surface area contributed by atoms with E-state index in [-0.39, 0.29) is 25.6 Å². The maximum absolute atomic E-state index is 12.7. The normalized spacial score (nSPS) is 15.0. The molecule has 0 saturated heterocycles. The molecular formula is C36H55N5O6. The Bertz CT molecular complexity index is 1230. The zero-order valence-electron chi connectivity index (χ0n) is 28.8. The molecule has 0 aliphatic heterocycles. The number of nitriles is 1. The molecule has 11 heteroatoms. The van der Waals surface area contributed by atoms with Crippen LogP contribution in [-0.4, -0.2) is 79.0 Å². The van der Waals surface area contributed by atoms with Gasteiger partial charge in [-0.1, -0.05) is 60.7 Å². The molecule has 0 bridgehead atoms. The van der Waals surface area contributed by atoms with Gasteiger partial charge >= 0.3 is 12.2 Å². The van der Waals surface area contributed by atoms with Crippen molar-refractivity contribution in [2.24, 2.45) is 11.7 Å².